The number of hydrogen-bond donors (Lipinski definition) is 2. The Morgan fingerprint density at radius 1 is 1.39 bits per heavy atom. The minimum absolute atomic E-state index is 0.124. The largest absolute Gasteiger partial charge is 0.346 e. The number of nitrogens with zero attached hydrogens (tertiary/aromatic N) is 4. The molecule has 0 aliphatic carbocycles. The summed E-state index contributed by atoms with van der Waals surface area (Å²) in [5, 5.41) is 16.1. The summed E-state index contributed by atoms with van der Waals surface area (Å²) in [6.45, 7) is 0. The summed E-state index contributed by atoms with van der Waals surface area (Å²) in [6, 6.07) is 1.45. The van der Waals surface area contributed by atoms with Crippen molar-refractivity contribution in [3.63, 3.8) is 0 Å². The van der Waals surface area contributed by atoms with Crippen molar-refractivity contribution >= 4 is 5.91 Å². The minimum atomic E-state index is -0.226. The van der Waals surface area contributed by atoms with Gasteiger partial charge in [-0.25, -0.2) is 0 Å². The van der Waals surface area contributed by atoms with E-state index in [1.807, 2.05) is 0 Å². The third kappa shape index (κ3) is 2.10. The van der Waals surface area contributed by atoms with E-state index in [0.717, 1.165) is 12.8 Å². The van der Waals surface area contributed by atoms with Gasteiger partial charge in [0.05, 0.1) is 0 Å². The van der Waals surface area contributed by atoms with Gasteiger partial charge in [-0.2, -0.15) is 5.21 Å². The molecule has 3 rings (SSSR count). The van der Waals surface area contributed by atoms with E-state index in [2.05, 4.69) is 37.9 Å². The maximum absolute atomic E-state index is 11.9. The highest BCUT2D eigenvalue weighted by Gasteiger charge is 2.36. The fraction of sp³-hybridized carbons (Fsp3) is 0.818. The molecule has 0 saturated carbocycles. The van der Waals surface area contributed by atoms with E-state index < -0.39 is 0 Å². The molecule has 0 aromatic carbocycles. The summed E-state index contributed by atoms with van der Waals surface area (Å²) in [7, 11) is 2.20. The minimum Gasteiger partial charge on any atom is -0.346 e. The second kappa shape index (κ2) is 4.64. The van der Waals surface area contributed by atoms with Gasteiger partial charge in [-0.3, -0.25) is 4.79 Å². The highest BCUT2D eigenvalue weighted by Crippen LogP contribution is 2.32. The Hall–Kier alpha value is -1.50. The van der Waals surface area contributed by atoms with Crippen LogP contribution in [0.1, 0.15) is 42.7 Å². The highest BCUT2D eigenvalue weighted by molar-refractivity contribution is 5.90. The summed E-state index contributed by atoms with van der Waals surface area (Å²) in [6.07, 6.45) is 5.83. The molecule has 7 heteroatoms. The number of H-pyrrole nitrogens is 1. The first-order valence-electron chi connectivity index (χ1n) is 6.50. The van der Waals surface area contributed by atoms with Crippen molar-refractivity contribution in [1.29, 1.82) is 0 Å². The normalized spacial score (nSPS) is 32.2. The van der Waals surface area contributed by atoms with Crippen LogP contribution in [0.25, 0.3) is 0 Å². The lowest BCUT2D eigenvalue weighted by molar-refractivity contribution is 0.0461. The third-order valence-corrected chi connectivity index (χ3v) is 4.22. The SMILES string of the molecule is CN1C2CCCC1CC(NC(=O)c1nn[nH]n1)C2. The first-order valence-corrected chi connectivity index (χ1v) is 6.50. The Bertz CT molecular complexity index is 405. The molecule has 2 aliphatic heterocycles. The molecule has 1 aromatic heterocycles. The van der Waals surface area contributed by atoms with Gasteiger partial charge in [0, 0.05) is 18.1 Å². The topological polar surface area (TPSA) is 86.8 Å². The average molecular weight is 250 g/mol. The molecule has 1 amide bonds. The number of tetrazole rings is 1. The molecular weight excluding hydrogens is 232 g/mol. The fourth-order valence-electron chi connectivity index (χ4n) is 3.24. The van der Waals surface area contributed by atoms with Gasteiger partial charge in [0.15, 0.2) is 0 Å². The van der Waals surface area contributed by atoms with Crippen molar-refractivity contribution in [1.82, 2.24) is 30.8 Å². The third-order valence-electron chi connectivity index (χ3n) is 4.22. The van der Waals surface area contributed by atoms with Crippen LogP contribution in [0.15, 0.2) is 0 Å². The van der Waals surface area contributed by atoms with Crippen molar-refractivity contribution < 1.29 is 4.79 Å². The second-order valence-electron chi connectivity index (χ2n) is 5.28. The molecule has 0 radical (unpaired) electrons. The number of fused-ring (bicyclic) bond motifs is 2. The first kappa shape index (κ1) is 11.6. The molecule has 1 aromatic rings. The summed E-state index contributed by atoms with van der Waals surface area (Å²) >= 11 is 0. The average Bonchev–Trinajstić information content (AvgIpc) is 2.84. The van der Waals surface area contributed by atoms with E-state index in [0.29, 0.717) is 12.1 Å². The van der Waals surface area contributed by atoms with E-state index in [1.54, 1.807) is 0 Å². The number of rotatable bonds is 2. The maximum atomic E-state index is 11.9. The van der Waals surface area contributed by atoms with Crippen LogP contribution >= 0.6 is 0 Å². The van der Waals surface area contributed by atoms with Gasteiger partial charge in [0.1, 0.15) is 0 Å². The summed E-state index contributed by atoms with van der Waals surface area (Å²) in [4.78, 5) is 14.3. The van der Waals surface area contributed by atoms with Gasteiger partial charge in [-0.05, 0) is 37.9 Å². The molecule has 2 atom stereocenters. The number of nitrogens with one attached hydrogen (secondary N) is 2. The monoisotopic (exact) mass is 250 g/mol. The van der Waals surface area contributed by atoms with E-state index >= 15 is 0 Å². The second-order valence-corrected chi connectivity index (χ2v) is 5.28. The van der Waals surface area contributed by atoms with Gasteiger partial charge in [-0.1, -0.05) is 6.42 Å². The number of carbonyl (C=O) groups excluding carboxylic acids is 1. The zero-order valence-electron chi connectivity index (χ0n) is 10.5. The molecular formula is C11H18N6O. The van der Waals surface area contributed by atoms with Gasteiger partial charge in [0.25, 0.3) is 11.7 Å². The Balaban J connectivity index is 1.63. The van der Waals surface area contributed by atoms with Crippen LogP contribution < -0.4 is 5.32 Å². The van der Waals surface area contributed by atoms with Crippen LogP contribution in [0.2, 0.25) is 0 Å². The lowest BCUT2D eigenvalue weighted by atomic mass is 9.82. The predicted octanol–water partition coefficient (Wildman–Crippen LogP) is -0.0552. The molecule has 3 heterocycles. The highest BCUT2D eigenvalue weighted by atomic mass is 16.2. The van der Waals surface area contributed by atoms with Crippen LogP contribution in [0.5, 0.6) is 0 Å². The van der Waals surface area contributed by atoms with Gasteiger partial charge in [-0.15, -0.1) is 10.2 Å². The number of aromatic amines is 1. The van der Waals surface area contributed by atoms with Gasteiger partial charge >= 0.3 is 0 Å². The molecule has 2 saturated heterocycles. The molecule has 98 valence electrons. The Kier molecular flexibility index (Phi) is 2.99. The smallest absolute Gasteiger partial charge is 0.293 e. The molecule has 2 unspecified atom stereocenters. The van der Waals surface area contributed by atoms with Crippen molar-refractivity contribution in [2.75, 3.05) is 7.05 Å². The van der Waals surface area contributed by atoms with Crippen molar-refractivity contribution in [2.45, 2.75) is 50.2 Å². The molecule has 18 heavy (non-hydrogen) atoms. The molecule has 2 fully saturated rings. The van der Waals surface area contributed by atoms with Crippen LogP contribution in [-0.2, 0) is 0 Å². The summed E-state index contributed by atoms with van der Waals surface area (Å²) in [5.74, 6) is -0.101. The molecule has 7 nitrogen and oxygen atoms in total. The van der Waals surface area contributed by atoms with Gasteiger partial charge in [0.2, 0.25) is 0 Å². The predicted molar refractivity (Wildman–Crippen MR) is 63.9 cm³/mol. The van der Waals surface area contributed by atoms with E-state index in [1.165, 1.54) is 19.3 Å². The first-order chi connectivity index (χ1) is 8.74. The number of hydrogen-bond acceptors (Lipinski definition) is 5. The zero-order chi connectivity index (χ0) is 12.5. The quantitative estimate of drug-likeness (QED) is 0.768. The van der Waals surface area contributed by atoms with Crippen molar-refractivity contribution in [3.05, 3.63) is 5.82 Å². The Labute approximate surface area is 105 Å². The lowest BCUT2D eigenvalue weighted by Crippen LogP contribution is -2.55. The number of piperidine rings is 2. The lowest BCUT2D eigenvalue weighted by Gasteiger charge is -2.47. The molecule has 2 bridgehead atoms. The van der Waals surface area contributed by atoms with Crippen molar-refractivity contribution in [2.24, 2.45) is 0 Å². The molecule has 0 spiro atoms. The van der Waals surface area contributed by atoms with E-state index in [9.17, 15) is 4.79 Å². The van der Waals surface area contributed by atoms with Crippen LogP contribution in [0.4, 0.5) is 0 Å². The maximum Gasteiger partial charge on any atom is 0.293 e. The Morgan fingerprint density at radius 3 is 2.72 bits per heavy atom. The van der Waals surface area contributed by atoms with Crippen LogP contribution in [-0.4, -0.2) is 56.6 Å². The number of carbonyl (C=O) groups is 1. The molecule has 2 aliphatic rings. The van der Waals surface area contributed by atoms with Crippen molar-refractivity contribution in [3.8, 4) is 0 Å². The number of aromatic nitrogens is 4. The standard InChI is InChI=1S/C11H18N6O/c1-17-8-3-2-4-9(17)6-7(5-8)12-11(18)10-13-15-16-14-10/h7-9H,2-6H2,1H3,(H,12,18)(H,13,14,15,16). The summed E-state index contributed by atoms with van der Waals surface area (Å²) < 4.78 is 0. The fourth-order valence-corrected chi connectivity index (χ4v) is 3.24. The number of amides is 1. The van der Waals surface area contributed by atoms with E-state index in [4.69, 9.17) is 0 Å². The van der Waals surface area contributed by atoms with Crippen LogP contribution in [0.3, 0.4) is 0 Å². The zero-order valence-corrected chi connectivity index (χ0v) is 10.5. The van der Waals surface area contributed by atoms with Gasteiger partial charge < -0.3 is 10.2 Å². The van der Waals surface area contributed by atoms with Crippen LogP contribution in [0, 0.1) is 0 Å². The Morgan fingerprint density at radius 2 is 2.11 bits per heavy atom. The molecule has 2 N–H and O–H groups in total. The summed E-state index contributed by atoms with van der Waals surface area (Å²) in [5.41, 5.74) is 0. The van der Waals surface area contributed by atoms with E-state index in [-0.39, 0.29) is 17.8 Å².